The maximum Gasteiger partial charge on any atom is 0.240 e. The number of methoxy groups -OCH3 is 1. The molecule has 1 unspecified atom stereocenters. The molecule has 0 bridgehead atoms. The van der Waals surface area contributed by atoms with E-state index in [2.05, 4.69) is 5.32 Å². The van der Waals surface area contributed by atoms with Crippen molar-refractivity contribution in [1.29, 1.82) is 0 Å². The van der Waals surface area contributed by atoms with Gasteiger partial charge in [-0.2, -0.15) is 4.31 Å². The zero-order valence-electron chi connectivity index (χ0n) is 17.9. The Morgan fingerprint density at radius 3 is 2.47 bits per heavy atom. The Labute approximate surface area is 179 Å². The number of hydrogen-bond acceptors (Lipinski definition) is 5. The normalized spacial score (nSPS) is 21.1. The second-order valence-corrected chi connectivity index (χ2v) is 9.72. The minimum Gasteiger partial charge on any atom is -0.497 e. The summed E-state index contributed by atoms with van der Waals surface area (Å²) in [5, 5.41) is 2.92. The number of nitrogens with one attached hydrogen (secondary N) is 1. The van der Waals surface area contributed by atoms with Gasteiger partial charge in [0.2, 0.25) is 15.9 Å². The van der Waals surface area contributed by atoms with Gasteiger partial charge in [-0.15, -0.1) is 0 Å². The number of rotatable bonds is 6. The van der Waals surface area contributed by atoms with Crippen LogP contribution in [-0.4, -0.2) is 50.3 Å². The second kappa shape index (κ2) is 9.66. The van der Waals surface area contributed by atoms with E-state index in [0.717, 1.165) is 12.3 Å². The first kappa shape index (κ1) is 22.4. The van der Waals surface area contributed by atoms with Gasteiger partial charge in [0.05, 0.1) is 12.0 Å². The molecule has 1 fully saturated rings. The van der Waals surface area contributed by atoms with Crippen LogP contribution in [0, 0.1) is 11.8 Å². The van der Waals surface area contributed by atoms with E-state index in [-0.39, 0.29) is 17.7 Å². The number of amides is 1. The molecule has 1 aromatic rings. The lowest BCUT2D eigenvalue weighted by Crippen LogP contribution is -2.42. The van der Waals surface area contributed by atoms with Crippen molar-refractivity contribution in [3.63, 3.8) is 0 Å². The van der Waals surface area contributed by atoms with Crippen LogP contribution < -0.4 is 10.1 Å². The van der Waals surface area contributed by atoms with E-state index in [4.69, 9.17) is 4.74 Å². The Morgan fingerprint density at radius 1 is 1.20 bits per heavy atom. The Hall–Kier alpha value is -2.32. The van der Waals surface area contributed by atoms with Crippen molar-refractivity contribution in [3.05, 3.63) is 47.6 Å². The number of benzene rings is 1. The summed E-state index contributed by atoms with van der Waals surface area (Å²) in [6.45, 7) is 5.37. The minimum atomic E-state index is -3.55. The average molecular weight is 434 g/mol. The molecule has 0 radical (unpaired) electrons. The van der Waals surface area contributed by atoms with E-state index in [1.165, 1.54) is 4.31 Å². The third kappa shape index (κ3) is 5.05. The van der Waals surface area contributed by atoms with Crippen molar-refractivity contribution < 1.29 is 17.9 Å². The molecule has 0 spiro atoms. The van der Waals surface area contributed by atoms with Crippen molar-refractivity contribution in [2.24, 2.45) is 11.8 Å². The third-order valence-electron chi connectivity index (χ3n) is 5.75. The molecule has 2 aliphatic rings. The van der Waals surface area contributed by atoms with Crippen LogP contribution in [0.5, 0.6) is 5.75 Å². The minimum absolute atomic E-state index is 0.0689. The lowest BCUT2D eigenvalue weighted by Gasteiger charge is -2.32. The van der Waals surface area contributed by atoms with Crippen molar-refractivity contribution in [2.75, 3.05) is 32.1 Å². The van der Waals surface area contributed by atoms with Gasteiger partial charge in [0.1, 0.15) is 5.75 Å². The predicted molar refractivity (Wildman–Crippen MR) is 118 cm³/mol. The van der Waals surface area contributed by atoms with E-state index in [1.54, 1.807) is 37.6 Å². The summed E-state index contributed by atoms with van der Waals surface area (Å²) in [6.07, 6.45) is 7.43. The van der Waals surface area contributed by atoms with Gasteiger partial charge in [0.25, 0.3) is 0 Å². The van der Waals surface area contributed by atoms with Crippen molar-refractivity contribution >= 4 is 21.6 Å². The van der Waals surface area contributed by atoms with Gasteiger partial charge < -0.3 is 15.0 Å². The fourth-order valence-electron chi connectivity index (χ4n) is 3.79. The van der Waals surface area contributed by atoms with Crippen molar-refractivity contribution in [1.82, 2.24) is 9.21 Å². The number of sulfonamides is 1. The molecule has 2 aliphatic heterocycles. The summed E-state index contributed by atoms with van der Waals surface area (Å²) in [4.78, 5) is 15.0. The number of carbonyl (C=O) groups excluding carboxylic acids is 1. The standard InChI is InChI=1S/C22H31N3O4S/c1-4-24-13-5-6-17(2)21(16-24)30(27,28)25-14-11-18(12-15-25)22(26)23-19-7-9-20(29-3)10-8-19/h5,7-10,13,16-18H,4,6,11-12,14-15H2,1-3H3,(H,23,26). The molecule has 8 heteroatoms. The number of anilines is 1. The summed E-state index contributed by atoms with van der Waals surface area (Å²) >= 11 is 0. The molecule has 3 rings (SSSR count). The Balaban J connectivity index is 1.62. The Bertz CT molecular complexity index is 901. The molecular formula is C22H31N3O4S. The van der Waals surface area contributed by atoms with Gasteiger partial charge in [-0.05, 0) is 62.6 Å². The number of nitrogens with zero attached hydrogens (tertiary/aromatic N) is 2. The Kier molecular flexibility index (Phi) is 7.20. The van der Waals surface area contributed by atoms with Crippen LogP contribution in [0.3, 0.4) is 0 Å². The highest BCUT2D eigenvalue weighted by molar-refractivity contribution is 7.93. The van der Waals surface area contributed by atoms with Gasteiger partial charge in [-0.1, -0.05) is 13.0 Å². The number of allylic oxidation sites excluding steroid dienone is 2. The quantitative estimate of drug-likeness (QED) is 0.744. The molecule has 1 aromatic carbocycles. The fraction of sp³-hybridized carbons (Fsp3) is 0.500. The first-order chi connectivity index (χ1) is 14.3. The van der Waals surface area contributed by atoms with Crippen LogP contribution in [0.15, 0.2) is 47.6 Å². The van der Waals surface area contributed by atoms with Gasteiger partial charge in [-0.25, -0.2) is 8.42 Å². The lowest BCUT2D eigenvalue weighted by atomic mass is 9.97. The maximum absolute atomic E-state index is 13.3. The highest BCUT2D eigenvalue weighted by atomic mass is 32.2. The lowest BCUT2D eigenvalue weighted by molar-refractivity contribution is -0.120. The van der Waals surface area contributed by atoms with Crippen LogP contribution in [-0.2, 0) is 14.8 Å². The van der Waals surface area contributed by atoms with Crippen molar-refractivity contribution in [2.45, 2.75) is 33.1 Å². The maximum atomic E-state index is 13.3. The van der Waals surface area contributed by atoms with Gasteiger partial charge >= 0.3 is 0 Å². The summed E-state index contributed by atoms with van der Waals surface area (Å²) < 4.78 is 33.2. The molecule has 0 aromatic heterocycles. The largest absolute Gasteiger partial charge is 0.497 e. The molecular weight excluding hydrogens is 402 g/mol. The van der Waals surface area contributed by atoms with Gasteiger partial charge in [-0.3, -0.25) is 4.79 Å². The average Bonchev–Trinajstić information content (AvgIpc) is 2.96. The monoisotopic (exact) mass is 433 g/mol. The molecule has 1 amide bonds. The number of hydrogen-bond donors (Lipinski definition) is 1. The first-order valence-corrected chi connectivity index (χ1v) is 11.9. The molecule has 1 saturated heterocycles. The summed E-state index contributed by atoms with van der Waals surface area (Å²) in [5.74, 6) is 0.387. The zero-order chi connectivity index (χ0) is 21.7. The molecule has 1 N–H and O–H groups in total. The molecule has 0 saturated carbocycles. The summed E-state index contributed by atoms with van der Waals surface area (Å²) in [5.41, 5.74) is 0.709. The summed E-state index contributed by atoms with van der Waals surface area (Å²) in [6, 6.07) is 7.18. The highest BCUT2D eigenvalue weighted by Crippen LogP contribution is 2.30. The molecule has 0 aliphatic carbocycles. The van der Waals surface area contributed by atoms with E-state index < -0.39 is 10.0 Å². The van der Waals surface area contributed by atoms with Crippen LogP contribution in [0.2, 0.25) is 0 Å². The van der Waals surface area contributed by atoms with Crippen LogP contribution in [0.25, 0.3) is 0 Å². The van der Waals surface area contributed by atoms with Crippen LogP contribution >= 0.6 is 0 Å². The fourth-order valence-corrected chi connectivity index (χ4v) is 5.66. The first-order valence-electron chi connectivity index (χ1n) is 10.4. The molecule has 7 nitrogen and oxygen atoms in total. The van der Waals surface area contributed by atoms with E-state index in [0.29, 0.717) is 42.9 Å². The number of ether oxygens (including phenoxy) is 1. The van der Waals surface area contributed by atoms with E-state index in [1.807, 2.05) is 31.0 Å². The highest BCUT2D eigenvalue weighted by Gasteiger charge is 2.35. The number of piperidine rings is 1. The van der Waals surface area contributed by atoms with E-state index in [9.17, 15) is 13.2 Å². The van der Waals surface area contributed by atoms with Gasteiger partial charge in [0.15, 0.2) is 0 Å². The Morgan fingerprint density at radius 2 is 1.87 bits per heavy atom. The SMILES string of the molecule is CCN1C=CCC(C)C(S(=O)(=O)N2CCC(C(=O)Nc3ccc(OC)cc3)CC2)=C1. The second-order valence-electron chi connectivity index (χ2n) is 7.78. The van der Waals surface area contributed by atoms with Crippen LogP contribution in [0.4, 0.5) is 5.69 Å². The van der Waals surface area contributed by atoms with Crippen molar-refractivity contribution in [3.8, 4) is 5.75 Å². The van der Waals surface area contributed by atoms with Gasteiger partial charge in [0, 0.05) is 37.4 Å². The smallest absolute Gasteiger partial charge is 0.240 e. The third-order valence-corrected chi connectivity index (χ3v) is 7.90. The predicted octanol–water partition coefficient (Wildman–Crippen LogP) is 3.39. The number of carbonyl (C=O) groups is 1. The molecule has 30 heavy (non-hydrogen) atoms. The molecule has 2 heterocycles. The molecule has 164 valence electrons. The zero-order valence-corrected chi connectivity index (χ0v) is 18.7. The molecule has 1 atom stereocenters. The summed E-state index contributed by atoms with van der Waals surface area (Å²) in [7, 11) is -1.95. The topological polar surface area (TPSA) is 79.0 Å². The van der Waals surface area contributed by atoms with E-state index >= 15 is 0 Å². The van der Waals surface area contributed by atoms with Crippen LogP contribution in [0.1, 0.15) is 33.1 Å².